The van der Waals surface area contributed by atoms with Gasteiger partial charge in [-0.25, -0.2) is 13.1 Å². The SMILES string of the molecule is COc1ccc(S(=O)(=O)NCCCC(=O)O)c(Br)c1. The summed E-state index contributed by atoms with van der Waals surface area (Å²) in [6.45, 7) is 0.0765. The Morgan fingerprint density at radius 2 is 2.16 bits per heavy atom. The highest BCUT2D eigenvalue weighted by Crippen LogP contribution is 2.26. The molecule has 0 unspecified atom stereocenters. The molecule has 0 aromatic heterocycles. The summed E-state index contributed by atoms with van der Waals surface area (Å²) in [5, 5.41) is 8.46. The van der Waals surface area contributed by atoms with Crippen LogP contribution in [0.2, 0.25) is 0 Å². The summed E-state index contributed by atoms with van der Waals surface area (Å²) >= 11 is 3.16. The van der Waals surface area contributed by atoms with E-state index in [0.717, 1.165) is 0 Å². The molecule has 0 aliphatic heterocycles. The molecular weight excluding hydrogens is 338 g/mol. The van der Waals surface area contributed by atoms with Crippen molar-refractivity contribution >= 4 is 31.9 Å². The van der Waals surface area contributed by atoms with E-state index in [1.807, 2.05) is 0 Å². The van der Waals surface area contributed by atoms with Crippen LogP contribution in [-0.2, 0) is 14.8 Å². The van der Waals surface area contributed by atoms with Crippen LogP contribution in [0.25, 0.3) is 0 Å². The Balaban J connectivity index is 2.74. The molecule has 2 N–H and O–H groups in total. The largest absolute Gasteiger partial charge is 0.497 e. The number of methoxy groups -OCH3 is 1. The van der Waals surface area contributed by atoms with Gasteiger partial charge in [-0.2, -0.15) is 0 Å². The molecule has 0 fully saturated rings. The smallest absolute Gasteiger partial charge is 0.303 e. The average Bonchev–Trinajstić information content (AvgIpc) is 2.34. The molecule has 0 saturated heterocycles. The third kappa shape index (κ3) is 4.81. The third-order valence-corrected chi connectivity index (χ3v) is 4.73. The van der Waals surface area contributed by atoms with Crippen LogP contribution in [-0.4, -0.2) is 33.1 Å². The highest BCUT2D eigenvalue weighted by atomic mass is 79.9. The Morgan fingerprint density at radius 1 is 1.47 bits per heavy atom. The van der Waals surface area contributed by atoms with Gasteiger partial charge in [-0.05, 0) is 40.5 Å². The molecule has 0 atom stereocenters. The van der Waals surface area contributed by atoms with Crippen molar-refractivity contribution in [3.05, 3.63) is 22.7 Å². The first-order chi connectivity index (χ1) is 8.86. The zero-order valence-electron chi connectivity index (χ0n) is 10.2. The summed E-state index contributed by atoms with van der Waals surface area (Å²) in [5.74, 6) is -0.415. The topological polar surface area (TPSA) is 92.7 Å². The first-order valence-corrected chi connectivity index (χ1v) is 7.69. The molecule has 0 saturated carbocycles. The van der Waals surface area contributed by atoms with Crippen LogP contribution < -0.4 is 9.46 Å². The molecule has 0 heterocycles. The second-order valence-corrected chi connectivity index (χ2v) is 6.28. The van der Waals surface area contributed by atoms with Crippen LogP contribution in [0.15, 0.2) is 27.6 Å². The van der Waals surface area contributed by atoms with E-state index in [4.69, 9.17) is 9.84 Å². The predicted octanol–water partition coefficient (Wildman–Crippen LogP) is 1.60. The highest BCUT2D eigenvalue weighted by Gasteiger charge is 2.17. The number of benzene rings is 1. The monoisotopic (exact) mass is 351 g/mol. The zero-order valence-corrected chi connectivity index (χ0v) is 12.6. The van der Waals surface area contributed by atoms with Crippen molar-refractivity contribution in [2.24, 2.45) is 0 Å². The predicted molar refractivity (Wildman–Crippen MR) is 72.8 cm³/mol. The van der Waals surface area contributed by atoms with Gasteiger partial charge < -0.3 is 9.84 Å². The number of aliphatic carboxylic acids is 1. The van der Waals surface area contributed by atoms with E-state index in [1.54, 1.807) is 6.07 Å². The number of sulfonamides is 1. The van der Waals surface area contributed by atoms with Gasteiger partial charge in [-0.1, -0.05) is 0 Å². The quantitative estimate of drug-likeness (QED) is 0.727. The Bertz CT molecular complexity index is 558. The Kier molecular flexibility index (Phi) is 5.77. The van der Waals surface area contributed by atoms with Crippen LogP contribution in [0, 0.1) is 0 Å². The standard InChI is InChI=1S/C11H14BrNO5S/c1-18-8-4-5-10(9(12)7-8)19(16,17)13-6-2-3-11(14)15/h4-5,7,13H,2-3,6H2,1H3,(H,14,15). The van der Waals surface area contributed by atoms with Gasteiger partial charge in [0, 0.05) is 17.4 Å². The van der Waals surface area contributed by atoms with E-state index in [2.05, 4.69) is 20.7 Å². The third-order valence-electron chi connectivity index (χ3n) is 2.29. The zero-order chi connectivity index (χ0) is 14.5. The fourth-order valence-electron chi connectivity index (χ4n) is 1.35. The molecule has 0 radical (unpaired) electrons. The minimum Gasteiger partial charge on any atom is -0.497 e. The highest BCUT2D eigenvalue weighted by molar-refractivity contribution is 9.10. The number of carbonyl (C=O) groups is 1. The van der Waals surface area contributed by atoms with E-state index >= 15 is 0 Å². The van der Waals surface area contributed by atoms with Gasteiger partial charge in [0.2, 0.25) is 10.0 Å². The maximum Gasteiger partial charge on any atom is 0.303 e. The Morgan fingerprint density at radius 3 is 2.68 bits per heavy atom. The number of carboxylic acid groups (broad SMARTS) is 1. The lowest BCUT2D eigenvalue weighted by molar-refractivity contribution is -0.137. The number of halogens is 1. The fraction of sp³-hybridized carbons (Fsp3) is 0.364. The van der Waals surface area contributed by atoms with Crippen molar-refractivity contribution in [2.75, 3.05) is 13.7 Å². The van der Waals surface area contributed by atoms with E-state index in [9.17, 15) is 13.2 Å². The normalized spacial score (nSPS) is 11.3. The molecule has 6 nitrogen and oxygen atoms in total. The van der Waals surface area contributed by atoms with Crippen LogP contribution >= 0.6 is 15.9 Å². The number of rotatable bonds is 7. The van der Waals surface area contributed by atoms with Gasteiger partial charge in [0.05, 0.1) is 12.0 Å². The maximum absolute atomic E-state index is 12.0. The molecule has 0 amide bonds. The minimum absolute atomic E-state index is 0.0765. The number of nitrogens with one attached hydrogen (secondary N) is 1. The first-order valence-electron chi connectivity index (χ1n) is 5.42. The lowest BCUT2D eigenvalue weighted by atomic mass is 10.3. The number of carboxylic acids is 1. The molecule has 1 rings (SSSR count). The van der Waals surface area contributed by atoms with Gasteiger partial charge >= 0.3 is 5.97 Å². The molecule has 0 aliphatic carbocycles. The molecule has 106 valence electrons. The molecular formula is C11H14BrNO5S. The van der Waals surface area contributed by atoms with Crippen molar-refractivity contribution in [3.8, 4) is 5.75 Å². The summed E-state index contributed by atoms with van der Waals surface area (Å²) in [4.78, 5) is 10.4. The summed E-state index contributed by atoms with van der Waals surface area (Å²) in [6.07, 6.45) is 0.161. The summed E-state index contributed by atoms with van der Waals surface area (Å²) in [5.41, 5.74) is 0. The van der Waals surface area contributed by atoms with Crippen molar-refractivity contribution in [2.45, 2.75) is 17.7 Å². The van der Waals surface area contributed by atoms with Gasteiger partial charge in [0.1, 0.15) is 5.75 Å². The Labute approximate surface area is 120 Å². The molecule has 19 heavy (non-hydrogen) atoms. The van der Waals surface area contributed by atoms with Gasteiger partial charge in [-0.15, -0.1) is 0 Å². The molecule has 0 spiro atoms. The Hall–Kier alpha value is -1.12. The fourth-order valence-corrected chi connectivity index (χ4v) is 3.48. The van der Waals surface area contributed by atoms with Gasteiger partial charge in [0.15, 0.2) is 0 Å². The van der Waals surface area contributed by atoms with Crippen LogP contribution in [0.5, 0.6) is 5.75 Å². The van der Waals surface area contributed by atoms with Gasteiger partial charge in [-0.3, -0.25) is 4.79 Å². The van der Waals surface area contributed by atoms with E-state index < -0.39 is 16.0 Å². The maximum atomic E-state index is 12.0. The van der Waals surface area contributed by atoms with Crippen molar-refractivity contribution in [1.82, 2.24) is 4.72 Å². The van der Waals surface area contributed by atoms with E-state index in [1.165, 1.54) is 19.2 Å². The van der Waals surface area contributed by atoms with E-state index in [-0.39, 0.29) is 24.3 Å². The lowest BCUT2D eigenvalue weighted by Crippen LogP contribution is -2.25. The van der Waals surface area contributed by atoms with Crippen molar-refractivity contribution in [1.29, 1.82) is 0 Å². The van der Waals surface area contributed by atoms with E-state index in [0.29, 0.717) is 10.2 Å². The second kappa shape index (κ2) is 6.88. The summed E-state index contributed by atoms with van der Waals surface area (Å²) in [7, 11) is -2.17. The molecule has 1 aromatic rings. The first kappa shape index (κ1) is 15.9. The van der Waals surface area contributed by atoms with Gasteiger partial charge in [0.25, 0.3) is 0 Å². The summed E-state index contributed by atoms with van der Waals surface area (Å²) < 4.78 is 31.6. The molecule has 1 aromatic carbocycles. The number of hydrogen-bond donors (Lipinski definition) is 2. The van der Waals surface area contributed by atoms with Crippen LogP contribution in [0.4, 0.5) is 0 Å². The average molecular weight is 352 g/mol. The number of hydrogen-bond acceptors (Lipinski definition) is 4. The van der Waals surface area contributed by atoms with Crippen molar-refractivity contribution in [3.63, 3.8) is 0 Å². The van der Waals surface area contributed by atoms with Crippen LogP contribution in [0.3, 0.4) is 0 Å². The minimum atomic E-state index is -3.66. The molecule has 0 bridgehead atoms. The lowest BCUT2D eigenvalue weighted by Gasteiger charge is -2.09. The summed E-state index contributed by atoms with van der Waals surface area (Å²) in [6, 6.07) is 4.50. The molecule has 8 heteroatoms. The number of ether oxygens (including phenoxy) is 1. The molecule has 0 aliphatic rings. The second-order valence-electron chi connectivity index (χ2n) is 3.69. The van der Waals surface area contributed by atoms with Crippen molar-refractivity contribution < 1.29 is 23.1 Å². The van der Waals surface area contributed by atoms with Crippen LogP contribution in [0.1, 0.15) is 12.8 Å².